The quantitative estimate of drug-likeness (QED) is 0.375. The first kappa shape index (κ1) is 12.3. The predicted octanol–water partition coefficient (Wildman–Crippen LogP) is -2.68. The van der Waals surface area contributed by atoms with E-state index < -0.39 is 36.6 Å². The van der Waals surface area contributed by atoms with Gasteiger partial charge in [-0.05, 0) is 0 Å². The van der Waals surface area contributed by atoms with Crippen molar-refractivity contribution in [3.05, 3.63) is 0 Å². The molecule has 1 aliphatic rings. The molecule has 7 heteroatoms. The smallest absolute Gasteiger partial charge is 0.302 e. The van der Waals surface area contributed by atoms with Crippen LogP contribution in [0.1, 0.15) is 6.92 Å². The Balaban J connectivity index is 2.54. The van der Waals surface area contributed by atoms with Gasteiger partial charge in [0.2, 0.25) is 0 Å². The summed E-state index contributed by atoms with van der Waals surface area (Å²) in [7, 11) is 0. The molecule has 0 amide bonds. The van der Waals surface area contributed by atoms with E-state index in [0.29, 0.717) is 0 Å². The molecule has 0 aliphatic carbocycles. The van der Waals surface area contributed by atoms with Crippen molar-refractivity contribution in [1.29, 1.82) is 0 Å². The summed E-state index contributed by atoms with van der Waals surface area (Å²) in [4.78, 5) is 10.5. The van der Waals surface area contributed by atoms with E-state index in [1.54, 1.807) is 0 Å². The van der Waals surface area contributed by atoms with Crippen LogP contribution in [0, 0.1) is 0 Å². The minimum absolute atomic E-state index is 0.239. The molecule has 15 heavy (non-hydrogen) atoms. The van der Waals surface area contributed by atoms with Crippen molar-refractivity contribution < 1.29 is 29.6 Å². The molecule has 0 spiro atoms. The third-order valence-electron chi connectivity index (χ3n) is 2.22. The predicted molar refractivity (Wildman–Crippen MR) is 47.5 cm³/mol. The summed E-state index contributed by atoms with van der Waals surface area (Å²) in [6.07, 6.45) is -4.96. The lowest BCUT2D eigenvalue weighted by Gasteiger charge is -2.38. The third-order valence-corrected chi connectivity index (χ3v) is 2.22. The second-order valence-electron chi connectivity index (χ2n) is 3.43. The lowest BCUT2D eigenvalue weighted by Crippen LogP contribution is -2.62. The third kappa shape index (κ3) is 2.86. The number of hydrogen-bond donors (Lipinski definition) is 4. The topological polar surface area (TPSA) is 122 Å². The molecule has 1 saturated heterocycles. The standard InChI is InChI=1S/C8H15NO6/c1-3(10)14-2-4-6(11)7(12)5(9)8(13)15-4/h4-8,11-13H,2,9H2,1H3/t4?,5?,6-,7-,8-/m1/s1. The lowest BCUT2D eigenvalue weighted by molar-refractivity contribution is -0.250. The average Bonchev–Trinajstić information content (AvgIpc) is 2.18. The van der Waals surface area contributed by atoms with Gasteiger partial charge in [0, 0.05) is 6.92 Å². The molecule has 0 bridgehead atoms. The van der Waals surface area contributed by atoms with Gasteiger partial charge in [-0.2, -0.15) is 0 Å². The van der Waals surface area contributed by atoms with Crippen molar-refractivity contribution in [2.45, 2.75) is 37.6 Å². The van der Waals surface area contributed by atoms with Gasteiger partial charge in [0.15, 0.2) is 6.29 Å². The number of aliphatic hydroxyl groups is 3. The molecule has 1 fully saturated rings. The van der Waals surface area contributed by atoms with Crippen molar-refractivity contribution in [3.8, 4) is 0 Å². The van der Waals surface area contributed by atoms with E-state index in [1.165, 1.54) is 6.92 Å². The van der Waals surface area contributed by atoms with Gasteiger partial charge in [0.05, 0.1) is 6.04 Å². The van der Waals surface area contributed by atoms with Gasteiger partial charge in [-0.15, -0.1) is 0 Å². The average molecular weight is 221 g/mol. The molecule has 0 saturated carbocycles. The van der Waals surface area contributed by atoms with Gasteiger partial charge < -0.3 is 30.5 Å². The molecule has 2 unspecified atom stereocenters. The number of carbonyl (C=O) groups is 1. The van der Waals surface area contributed by atoms with Crippen molar-refractivity contribution in [3.63, 3.8) is 0 Å². The van der Waals surface area contributed by atoms with Gasteiger partial charge in [-0.25, -0.2) is 0 Å². The lowest BCUT2D eigenvalue weighted by atomic mass is 9.98. The number of rotatable bonds is 2. The van der Waals surface area contributed by atoms with Crippen LogP contribution in [-0.2, 0) is 14.3 Å². The summed E-state index contributed by atoms with van der Waals surface area (Å²) >= 11 is 0. The molecule has 5 N–H and O–H groups in total. The molecule has 1 rings (SSSR count). The number of esters is 1. The van der Waals surface area contributed by atoms with E-state index in [-0.39, 0.29) is 6.61 Å². The van der Waals surface area contributed by atoms with Gasteiger partial charge in [0.25, 0.3) is 0 Å². The zero-order valence-electron chi connectivity index (χ0n) is 8.24. The Morgan fingerprint density at radius 2 is 2.00 bits per heavy atom. The Bertz CT molecular complexity index is 235. The molecule has 88 valence electrons. The van der Waals surface area contributed by atoms with E-state index in [0.717, 1.165) is 0 Å². The fourth-order valence-corrected chi connectivity index (χ4v) is 1.30. The van der Waals surface area contributed by atoms with Crippen LogP contribution < -0.4 is 5.73 Å². The first-order valence-electron chi connectivity index (χ1n) is 4.52. The highest BCUT2D eigenvalue weighted by atomic mass is 16.6. The van der Waals surface area contributed by atoms with Gasteiger partial charge in [-0.3, -0.25) is 4.79 Å². The second kappa shape index (κ2) is 4.86. The van der Waals surface area contributed by atoms with Gasteiger partial charge in [0.1, 0.15) is 24.9 Å². The molecule has 0 aromatic heterocycles. The zero-order valence-corrected chi connectivity index (χ0v) is 8.24. The summed E-state index contributed by atoms with van der Waals surface area (Å²) in [5.41, 5.74) is 5.34. The molecule has 0 radical (unpaired) electrons. The molecular weight excluding hydrogens is 206 g/mol. The molecule has 7 nitrogen and oxygen atoms in total. The van der Waals surface area contributed by atoms with E-state index >= 15 is 0 Å². The van der Waals surface area contributed by atoms with Crippen LogP contribution in [0.5, 0.6) is 0 Å². The van der Waals surface area contributed by atoms with Gasteiger partial charge in [-0.1, -0.05) is 0 Å². The summed E-state index contributed by atoms with van der Waals surface area (Å²) in [5, 5.41) is 28.1. The summed E-state index contributed by atoms with van der Waals surface area (Å²) in [6, 6.07) is -1.08. The zero-order chi connectivity index (χ0) is 11.6. The van der Waals surface area contributed by atoms with Crippen LogP contribution >= 0.6 is 0 Å². The molecular formula is C8H15NO6. The maximum Gasteiger partial charge on any atom is 0.302 e. The summed E-state index contributed by atoms with van der Waals surface area (Å²) in [6.45, 7) is 0.963. The number of carbonyl (C=O) groups excluding carboxylic acids is 1. The van der Waals surface area contributed by atoms with E-state index in [2.05, 4.69) is 4.74 Å². The normalized spacial score (nSPS) is 41.3. The minimum Gasteiger partial charge on any atom is -0.463 e. The number of hydrogen-bond acceptors (Lipinski definition) is 7. The maximum atomic E-state index is 10.5. The Labute approximate surface area is 86.4 Å². The summed E-state index contributed by atoms with van der Waals surface area (Å²) in [5.74, 6) is -0.537. The highest BCUT2D eigenvalue weighted by Crippen LogP contribution is 2.18. The molecule has 5 atom stereocenters. The highest BCUT2D eigenvalue weighted by molar-refractivity contribution is 5.65. The number of ether oxygens (including phenoxy) is 2. The second-order valence-corrected chi connectivity index (χ2v) is 3.43. The largest absolute Gasteiger partial charge is 0.463 e. The SMILES string of the molecule is CC(=O)OCC1O[C@@H](O)C(N)[C@@H](O)[C@@H]1O. The van der Waals surface area contributed by atoms with Crippen molar-refractivity contribution in [2.75, 3.05) is 6.61 Å². The minimum atomic E-state index is -1.39. The van der Waals surface area contributed by atoms with Gasteiger partial charge >= 0.3 is 5.97 Å². The molecule has 1 aliphatic heterocycles. The Kier molecular flexibility index (Phi) is 4.00. The van der Waals surface area contributed by atoms with Crippen molar-refractivity contribution in [2.24, 2.45) is 5.73 Å². The molecule has 0 aromatic rings. The molecule has 1 heterocycles. The first-order valence-corrected chi connectivity index (χ1v) is 4.52. The Morgan fingerprint density at radius 3 is 2.53 bits per heavy atom. The van der Waals surface area contributed by atoms with Crippen LogP contribution in [-0.4, -0.2) is 58.5 Å². The van der Waals surface area contributed by atoms with Crippen LogP contribution in [0.25, 0.3) is 0 Å². The highest BCUT2D eigenvalue weighted by Gasteiger charge is 2.42. The van der Waals surface area contributed by atoms with Crippen molar-refractivity contribution in [1.82, 2.24) is 0 Å². The monoisotopic (exact) mass is 221 g/mol. The fraction of sp³-hybridized carbons (Fsp3) is 0.875. The first-order chi connectivity index (χ1) is 6.93. The van der Waals surface area contributed by atoms with Crippen LogP contribution in [0.15, 0.2) is 0 Å². The Hall–Kier alpha value is -0.730. The van der Waals surface area contributed by atoms with E-state index in [9.17, 15) is 20.1 Å². The van der Waals surface area contributed by atoms with E-state index in [4.69, 9.17) is 10.5 Å². The number of nitrogens with two attached hydrogens (primary N) is 1. The van der Waals surface area contributed by atoms with Crippen LogP contribution in [0.3, 0.4) is 0 Å². The van der Waals surface area contributed by atoms with Crippen molar-refractivity contribution >= 4 is 5.97 Å². The summed E-state index contributed by atoms with van der Waals surface area (Å²) < 4.78 is 9.47. The van der Waals surface area contributed by atoms with E-state index in [1.807, 2.05) is 0 Å². The fourth-order valence-electron chi connectivity index (χ4n) is 1.30. The maximum absolute atomic E-state index is 10.5. The number of aliphatic hydroxyl groups excluding tert-OH is 3. The van der Waals surface area contributed by atoms with Crippen LogP contribution in [0.4, 0.5) is 0 Å². The molecule has 0 aromatic carbocycles. The Morgan fingerprint density at radius 1 is 1.40 bits per heavy atom. The van der Waals surface area contributed by atoms with Crippen LogP contribution in [0.2, 0.25) is 0 Å².